The lowest BCUT2D eigenvalue weighted by Gasteiger charge is -2.31. The van der Waals surface area contributed by atoms with Gasteiger partial charge in [-0.1, -0.05) is 5.16 Å². The van der Waals surface area contributed by atoms with Crippen LogP contribution in [-0.2, 0) is 0 Å². The molecule has 1 amide bonds. The van der Waals surface area contributed by atoms with Crippen molar-refractivity contribution in [2.75, 3.05) is 13.1 Å². The molecule has 0 unspecified atom stereocenters. The molecule has 0 spiro atoms. The smallest absolute Gasteiger partial charge is 0.292 e. The van der Waals surface area contributed by atoms with Crippen molar-refractivity contribution in [2.45, 2.75) is 18.9 Å². The number of ether oxygens (including phenoxy) is 1. The van der Waals surface area contributed by atoms with E-state index in [0.29, 0.717) is 13.1 Å². The average Bonchev–Trinajstić information content (AvgIpc) is 3.09. The number of nitrogens with zero attached hydrogens (tertiary/aromatic N) is 5. The Bertz CT molecular complexity index is 695. The Morgan fingerprint density at radius 2 is 2.27 bits per heavy atom. The fourth-order valence-corrected chi connectivity index (χ4v) is 2.35. The van der Waals surface area contributed by atoms with Gasteiger partial charge in [-0.3, -0.25) is 4.79 Å². The molecule has 0 saturated carbocycles. The minimum atomic E-state index is -0.232. The van der Waals surface area contributed by atoms with Gasteiger partial charge >= 0.3 is 0 Å². The molecular formula is C14H13N5O3. The monoisotopic (exact) mass is 299 g/mol. The Hall–Kier alpha value is -2.95. The van der Waals surface area contributed by atoms with Crippen molar-refractivity contribution in [1.29, 1.82) is 5.26 Å². The number of piperidine rings is 1. The minimum Gasteiger partial charge on any atom is -0.470 e. The van der Waals surface area contributed by atoms with Crippen LogP contribution in [0.3, 0.4) is 0 Å². The summed E-state index contributed by atoms with van der Waals surface area (Å²) in [6, 6.07) is 3.47. The lowest BCUT2D eigenvalue weighted by Crippen LogP contribution is -2.44. The van der Waals surface area contributed by atoms with E-state index >= 15 is 0 Å². The minimum absolute atomic E-state index is 0.140. The van der Waals surface area contributed by atoms with Crippen molar-refractivity contribution in [3.8, 4) is 11.9 Å². The van der Waals surface area contributed by atoms with Crippen LogP contribution in [0.2, 0.25) is 0 Å². The molecule has 0 N–H and O–H groups in total. The fourth-order valence-electron chi connectivity index (χ4n) is 2.35. The van der Waals surface area contributed by atoms with Gasteiger partial charge in [-0.25, -0.2) is 9.97 Å². The van der Waals surface area contributed by atoms with Crippen LogP contribution in [0.5, 0.6) is 5.88 Å². The topological polar surface area (TPSA) is 105 Å². The highest BCUT2D eigenvalue weighted by molar-refractivity contribution is 5.91. The lowest BCUT2D eigenvalue weighted by molar-refractivity contribution is 0.0491. The van der Waals surface area contributed by atoms with Crippen molar-refractivity contribution >= 4 is 5.91 Å². The molecule has 0 bridgehead atoms. The van der Waals surface area contributed by atoms with Crippen LogP contribution in [0.1, 0.15) is 29.1 Å². The first kappa shape index (κ1) is 14.0. The second-order valence-corrected chi connectivity index (χ2v) is 4.83. The zero-order valence-electron chi connectivity index (χ0n) is 11.7. The van der Waals surface area contributed by atoms with E-state index in [9.17, 15) is 4.79 Å². The Morgan fingerprint density at radius 3 is 3.05 bits per heavy atom. The number of aromatic nitrogens is 3. The van der Waals surface area contributed by atoms with Crippen LogP contribution in [0.25, 0.3) is 0 Å². The first-order valence-electron chi connectivity index (χ1n) is 6.85. The molecule has 2 aromatic rings. The highest BCUT2D eigenvalue weighted by Crippen LogP contribution is 2.19. The van der Waals surface area contributed by atoms with E-state index in [2.05, 4.69) is 15.1 Å². The van der Waals surface area contributed by atoms with Crippen molar-refractivity contribution in [1.82, 2.24) is 20.0 Å². The summed E-state index contributed by atoms with van der Waals surface area (Å²) in [6.45, 7) is 1.03. The Kier molecular flexibility index (Phi) is 3.96. The number of carbonyl (C=O) groups is 1. The summed E-state index contributed by atoms with van der Waals surface area (Å²) < 4.78 is 10.6. The quantitative estimate of drug-likeness (QED) is 0.833. The van der Waals surface area contributed by atoms with Crippen LogP contribution < -0.4 is 4.74 Å². The van der Waals surface area contributed by atoms with Crippen LogP contribution in [-0.4, -0.2) is 45.1 Å². The molecule has 1 fully saturated rings. The zero-order valence-corrected chi connectivity index (χ0v) is 11.7. The molecule has 1 aliphatic heterocycles. The first-order chi connectivity index (χ1) is 10.8. The van der Waals surface area contributed by atoms with E-state index in [1.54, 1.807) is 4.90 Å². The molecule has 0 aromatic carbocycles. The lowest BCUT2D eigenvalue weighted by atomic mass is 10.1. The van der Waals surface area contributed by atoms with Gasteiger partial charge < -0.3 is 14.2 Å². The molecule has 0 aliphatic carbocycles. The summed E-state index contributed by atoms with van der Waals surface area (Å²) in [5.41, 5.74) is 0.140. The molecule has 112 valence electrons. The van der Waals surface area contributed by atoms with Gasteiger partial charge in [0.25, 0.3) is 11.8 Å². The third-order valence-electron chi connectivity index (χ3n) is 3.36. The Labute approximate surface area is 126 Å². The summed E-state index contributed by atoms with van der Waals surface area (Å²) in [6.07, 6.45) is 5.69. The third kappa shape index (κ3) is 2.88. The van der Waals surface area contributed by atoms with Gasteiger partial charge in [0.2, 0.25) is 11.5 Å². The van der Waals surface area contributed by atoms with E-state index in [-0.39, 0.29) is 29.3 Å². The maximum Gasteiger partial charge on any atom is 0.292 e. The van der Waals surface area contributed by atoms with Gasteiger partial charge in [0, 0.05) is 25.0 Å². The highest BCUT2D eigenvalue weighted by atomic mass is 16.5. The second-order valence-electron chi connectivity index (χ2n) is 4.83. The van der Waals surface area contributed by atoms with Crippen LogP contribution in [0, 0.1) is 11.3 Å². The Morgan fingerprint density at radius 1 is 1.41 bits per heavy atom. The predicted molar refractivity (Wildman–Crippen MR) is 72.8 cm³/mol. The number of nitriles is 1. The number of rotatable bonds is 3. The summed E-state index contributed by atoms with van der Waals surface area (Å²) in [7, 11) is 0. The highest BCUT2D eigenvalue weighted by Gasteiger charge is 2.28. The number of carbonyl (C=O) groups excluding carboxylic acids is 1. The average molecular weight is 299 g/mol. The molecule has 3 rings (SSSR count). The van der Waals surface area contributed by atoms with Crippen LogP contribution >= 0.6 is 0 Å². The Balaban J connectivity index is 1.68. The van der Waals surface area contributed by atoms with E-state index in [0.717, 1.165) is 12.8 Å². The summed E-state index contributed by atoms with van der Waals surface area (Å²) in [5.74, 6) is 0.187. The van der Waals surface area contributed by atoms with Crippen LogP contribution in [0.4, 0.5) is 0 Å². The SMILES string of the molecule is N#Cc1nccnc1O[C@H]1CCCN(C(=O)c2ccno2)C1. The molecule has 22 heavy (non-hydrogen) atoms. The maximum absolute atomic E-state index is 12.2. The molecule has 1 aliphatic rings. The molecule has 1 atom stereocenters. The van der Waals surface area contributed by atoms with Gasteiger partial charge in [-0.05, 0) is 12.8 Å². The molecular weight excluding hydrogens is 286 g/mol. The van der Waals surface area contributed by atoms with E-state index in [4.69, 9.17) is 14.5 Å². The zero-order chi connectivity index (χ0) is 15.4. The van der Waals surface area contributed by atoms with E-state index in [1.807, 2.05) is 6.07 Å². The largest absolute Gasteiger partial charge is 0.470 e. The first-order valence-corrected chi connectivity index (χ1v) is 6.85. The molecule has 2 aromatic heterocycles. The van der Waals surface area contributed by atoms with E-state index in [1.165, 1.54) is 24.7 Å². The molecule has 1 saturated heterocycles. The molecule has 0 radical (unpaired) electrons. The van der Waals surface area contributed by atoms with Crippen LogP contribution in [0.15, 0.2) is 29.2 Å². The second kappa shape index (κ2) is 6.22. The third-order valence-corrected chi connectivity index (χ3v) is 3.36. The van der Waals surface area contributed by atoms with Gasteiger partial charge in [0.05, 0.1) is 12.7 Å². The number of amides is 1. The maximum atomic E-state index is 12.2. The summed E-state index contributed by atoms with van der Waals surface area (Å²) >= 11 is 0. The summed E-state index contributed by atoms with van der Waals surface area (Å²) in [5, 5.41) is 12.5. The molecule has 8 heteroatoms. The van der Waals surface area contributed by atoms with Crippen molar-refractivity contribution in [3.63, 3.8) is 0 Å². The van der Waals surface area contributed by atoms with Gasteiger partial charge in [-0.15, -0.1) is 0 Å². The predicted octanol–water partition coefficient (Wildman–Crippen LogP) is 1.02. The van der Waals surface area contributed by atoms with Crippen molar-refractivity contribution in [2.24, 2.45) is 0 Å². The van der Waals surface area contributed by atoms with Gasteiger partial charge in [-0.2, -0.15) is 5.26 Å². The fraction of sp³-hybridized carbons (Fsp3) is 0.357. The van der Waals surface area contributed by atoms with Crippen molar-refractivity contribution < 1.29 is 14.1 Å². The normalized spacial score (nSPS) is 17.8. The number of hydrogen-bond acceptors (Lipinski definition) is 7. The van der Waals surface area contributed by atoms with Crippen molar-refractivity contribution in [3.05, 3.63) is 36.1 Å². The number of likely N-dealkylation sites (tertiary alicyclic amines) is 1. The molecule has 3 heterocycles. The van der Waals surface area contributed by atoms with Gasteiger partial charge in [0.1, 0.15) is 12.2 Å². The van der Waals surface area contributed by atoms with E-state index < -0.39 is 0 Å². The summed E-state index contributed by atoms with van der Waals surface area (Å²) in [4.78, 5) is 21.8. The van der Waals surface area contributed by atoms with Gasteiger partial charge in [0.15, 0.2) is 0 Å². The number of hydrogen-bond donors (Lipinski definition) is 0. The molecule has 8 nitrogen and oxygen atoms in total. The standard InChI is InChI=1S/C14H13N5O3/c15-8-11-13(17-6-5-16-11)21-10-2-1-7-19(9-10)14(20)12-3-4-18-22-12/h3-6,10H,1-2,7,9H2/t10-/m0/s1.